The lowest BCUT2D eigenvalue weighted by atomic mass is 10.2. The highest BCUT2D eigenvalue weighted by Gasteiger charge is 2.37. The smallest absolute Gasteiger partial charge is 0.345 e. The number of halogens is 4. The third kappa shape index (κ3) is 5.21. The lowest BCUT2D eigenvalue weighted by Gasteiger charge is -2.08. The summed E-state index contributed by atoms with van der Waals surface area (Å²) in [5.41, 5.74) is 0.0685. The maximum absolute atomic E-state index is 13.1. The second-order valence-corrected chi connectivity index (χ2v) is 8.86. The van der Waals surface area contributed by atoms with Gasteiger partial charge in [-0.15, -0.1) is 5.10 Å². The van der Waals surface area contributed by atoms with E-state index in [9.17, 15) is 26.4 Å². The molecule has 0 unspecified atom stereocenters. The van der Waals surface area contributed by atoms with Gasteiger partial charge >= 0.3 is 6.18 Å². The van der Waals surface area contributed by atoms with E-state index in [4.69, 9.17) is 16.9 Å². The van der Waals surface area contributed by atoms with Gasteiger partial charge < -0.3 is 5.32 Å². The standard InChI is InChI=1S/C18H12ClF3N6O3S/c1-32(30,31)13-5-11(4-12(19)6-13)16(29)25-9-15-26-17(18(20,21)22)27-28(15)14-3-2-10(7-23)8-24-14/h2-6,8H,9H2,1H3,(H,25,29). The molecule has 0 saturated carbocycles. The number of pyridine rings is 1. The van der Waals surface area contributed by atoms with Crippen molar-refractivity contribution >= 4 is 27.3 Å². The number of sulfone groups is 1. The predicted octanol–water partition coefficient (Wildman–Crippen LogP) is 2.54. The zero-order valence-corrected chi connectivity index (χ0v) is 17.6. The summed E-state index contributed by atoms with van der Waals surface area (Å²) in [6, 6.07) is 7.89. The highest BCUT2D eigenvalue weighted by molar-refractivity contribution is 7.90. The van der Waals surface area contributed by atoms with E-state index in [1.807, 2.05) is 6.07 Å². The fourth-order valence-corrected chi connectivity index (χ4v) is 3.49. The van der Waals surface area contributed by atoms with Crippen LogP contribution >= 0.6 is 11.6 Å². The molecule has 1 amide bonds. The number of rotatable bonds is 5. The molecule has 0 spiro atoms. The number of carbonyl (C=O) groups is 1. The number of hydrogen-bond acceptors (Lipinski definition) is 7. The summed E-state index contributed by atoms with van der Waals surface area (Å²) in [4.78, 5) is 19.6. The highest BCUT2D eigenvalue weighted by atomic mass is 35.5. The van der Waals surface area contributed by atoms with Gasteiger partial charge in [0.2, 0.25) is 0 Å². The number of nitrogens with zero attached hydrogens (tertiary/aromatic N) is 5. The molecule has 166 valence electrons. The molecule has 32 heavy (non-hydrogen) atoms. The van der Waals surface area contributed by atoms with Gasteiger partial charge in [0.15, 0.2) is 21.5 Å². The number of nitrogens with one attached hydrogen (secondary N) is 1. The zero-order valence-electron chi connectivity index (χ0n) is 16.1. The van der Waals surface area contributed by atoms with Crippen LogP contribution in [-0.2, 0) is 22.6 Å². The minimum absolute atomic E-state index is 0.0117. The van der Waals surface area contributed by atoms with Crippen LogP contribution in [0.4, 0.5) is 13.2 Å². The van der Waals surface area contributed by atoms with Crippen LogP contribution in [0.3, 0.4) is 0 Å². The molecule has 0 bridgehead atoms. The van der Waals surface area contributed by atoms with Gasteiger partial charge in [-0.05, 0) is 30.3 Å². The third-order valence-electron chi connectivity index (χ3n) is 3.99. The van der Waals surface area contributed by atoms with Crippen molar-refractivity contribution in [2.75, 3.05) is 6.26 Å². The zero-order chi connectivity index (χ0) is 23.7. The molecule has 3 rings (SSSR count). The maximum atomic E-state index is 13.1. The Bertz CT molecular complexity index is 1330. The van der Waals surface area contributed by atoms with E-state index in [1.165, 1.54) is 18.2 Å². The monoisotopic (exact) mass is 484 g/mol. The Morgan fingerprint density at radius 1 is 1.28 bits per heavy atom. The minimum atomic E-state index is -4.85. The number of alkyl halides is 3. The topological polar surface area (TPSA) is 131 Å². The minimum Gasteiger partial charge on any atom is -0.345 e. The van der Waals surface area contributed by atoms with Gasteiger partial charge in [-0.1, -0.05) is 11.6 Å². The molecule has 0 radical (unpaired) electrons. The Morgan fingerprint density at radius 3 is 2.56 bits per heavy atom. The molecule has 1 aromatic carbocycles. The van der Waals surface area contributed by atoms with Crippen molar-refractivity contribution < 1.29 is 26.4 Å². The molecule has 9 nitrogen and oxygen atoms in total. The van der Waals surface area contributed by atoms with Crippen LogP contribution in [-0.4, -0.2) is 40.3 Å². The van der Waals surface area contributed by atoms with Crippen molar-refractivity contribution in [2.24, 2.45) is 0 Å². The molecule has 2 heterocycles. The van der Waals surface area contributed by atoms with Gasteiger partial charge in [-0.25, -0.2) is 18.4 Å². The van der Waals surface area contributed by atoms with Gasteiger partial charge in [0.25, 0.3) is 11.7 Å². The molecule has 0 fully saturated rings. The second kappa shape index (κ2) is 8.56. The van der Waals surface area contributed by atoms with Crippen LogP contribution < -0.4 is 5.32 Å². The summed E-state index contributed by atoms with van der Waals surface area (Å²) in [6.45, 7) is -0.496. The number of carbonyl (C=O) groups excluding carboxylic acids is 1. The SMILES string of the molecule is CS(=O)(=O)c1cc(Cl)cc(C(=O)NCc2nc(C(F)(F)F)nn2-c2ccc(C#N)cn2)c1. The first-order valence-corrected chi connectivity index (χ1v) is 10.8. The summed E-state index contributed by atoms with van der Waals surface area (Å²) < 4.78 is 63.6. The van der Waals surface area contributed by atoms with Crippen LogP contribution in [0.1, 0.15) is 27.6 Å². The average molecular weight is 485 g/mol. The van der Waals surface area contributed by atoms with Crippen LogP contribution in [0.5, 0.6) is 0 Å². The molecule has 1 N–H and O–H groups in total. The first-order chi connectivity index (χ1) is 14.9. The molecule has 0 saturated heterocycles. The van der Waals surface area contributed by atoms with Crippen LogP contribution in [0, 0.1) is 11.3 Å². The largest absolute Gasteiger partial charge is 0.453 e. The van der Waals surface area contributed by atoms with Crippen molar-refractivity contribution in [3.8, 4) is 11.9 Å². The fourth-order valence-electron chi connectivity index (χ4n) is 2.51. The van der Waals surface area contributed by atoms with Crippen LogP contribution in [0.25, 0.3) is 5.82 Å². The van der Waals surface area contributed by atoms with Gasteiger partial charge in [0.05, 0.1) is 17.0 Å². The van der Waals surface area contributed by atoms with E-state index in [-0.39, 0.29) is 32.7 Å². The Hall–Kier alpha value is -3.50. The number of aromatic nitrogens is 4. The van der Waals surface area contributed by atoms with Crippen molar-refractivity contribution in [1.82, 2.24) is 25.1 Å². The summed E-state index contributed by atoms with van der Waals surface area (Å²) in [6.07, 6.45) is -2.77. The van der Waals surface area contributed by atoms with Crippen molar-refractivity contribution in [3.63, 3.8) is 0 Å². The Balaban J connectivity index is 1.92. The molecule has 0 aliphatic heterocycles. The number of amides is 1. The second-order valence-electron chi connectivity index (χ2n) is 6.41. The summed E-state index contributed by atoms with van der Waals surface area (Å²) in [5.74, 6) is -2.60. The van der Waals surface area contributed by atoms with Gasteiger partial charge in [0.1, 0.15) is 6.07 Å². The van der Waals surface area contributed by atoms with E-state index in [2.05, 4.69) is 20.4 Å². The fraction of sp³-hybridized carbons (Fsp3) is 0.167. The lowest BCUT2D eigenvalue weighted by Crippen LogP contribution is -2.25. The van der Waals surface area contributed by atoms with E-state index >= 15 is 0 Å². The first kappa shape index (κ1) is 23.2. The number of nitriles is 1. The first-order valence-electron chi connectivity index (χ1n) is 8.57. The number of hydrogen-bond donors (Lipinski definition) is 1. The molecule has 3 aromatic rings. The Kier molecular flexibility index (Phi) is 6.20. The molecule has 2 aromatic heterocycles. The molecular weight excluding hydrogens is 473 g/mol. The van der Waals surface area contributed by atoms with E-state index in [0.29, 0.717) is 0 Å². The average Bonchev–Trinajstić information content (AvgIpc) is 3.15. The predicted molar refractivity (Wildman–Crippen MR) is 105 cm³/mol. The van der Waals surface area contributed by atoms with E-state index < -0.39 is 34.3 Å². The summed E-state index contributed by atoms with van der Waals surface area (Å²) in [5, 5.41) is 14.6. The maximum Gasteiger partial charge on any atom is 0.453 e. The summed E-state index contributed by atoms with van der Waals surface area (Å²) >= 11 is 5.87. The van der Waals surface area contributed by atoms with Crippen LogP contribution in [0.15, 0.2) is 41.4 Å². The van der Waals surface area contributed by atoms with Crippen molar-refractivity contribution in [2.45, 2.75) is 17.6 Å². The molecule has 0 atom stereocenters. The summed E-state index contributed by atoms with van der Waals surface area (Å²) in [7, 11) is -3.66. The lowest BCUT2D eigenvalue weighted by molar-refractivity contribution is -0.144. The van der Waals surface area contributed by atoms with E-state index in [1.54, 1.807) is 0 Å². The normalized spacial score (nSPS) is 11.8. The van der Waals surface area contributed by atoms with Gasteiger partial charge in [-0.3, -0.25) is 4.79 Å². The third-order valence-corrected chi connectivity index (χ3v) is 5.30. The molecule has 0 aliphatic carbocycles. The Labute approximate surface area is 184 Å². The molecular formula is C18H12ClF3N6O3S. The van der Waals surface area contributed by atoms with Gasteiger partial charge in [-0.2, -0.15) is 23.1 Å². The number of benzene rings is 1. The van der Waals surface area contributed by atoms with Gasteiger partial charge in [0, 0.05) is 23.0 Å². The molecule has 0 aliphatic rings. The van der Waals surface area contributed by atoms with Crippen LogP contribution in [0.2, 0.25) is 5.02 Å². The van der Waals surface area contributed by atoms with Crippen molar-refractivity contribution in [3.05, 3.63) is 64.3 Å². The highest BCUT2D eigenvalue weighted by Crippen LogP contribution is 2.27. The Morgan fingerprint density at radius 2 is 2.00 bits per heavy atom. The van der Waals surface area contributed by atoms with E-state index in [0.717, 1.165) is 29.3 Å². The molecule has 14 heteroatoms. The van der Waals surface area contributed by atoms with Crippen molar-refractivity contribution in [1.29, 1.82) is 5.26 Å². The quantitative estimate of drug-likeness (QED) is 0.588.